The van der Waals surface area contributed by atoms with Crippen LogP contribution in [-0.2, 0) is 19.1 Å². The number of carboxylic acid groups (broad SMARTS) is 1. The molecule has 0 spiro atoms. The molecule has 184 valence electrons. The van der Waals surface area contributed by atoms with Crippen LogP contribution in [0.5, 0.6) is 0 Å². The van der Waals surface area contributed by atoms with Crippen LogP contribution in [0, 0.1) is 11.8 Å². The van der Waals surface area contributed by atoms with Crippen molar-refractivity contribution in [3.05, 3.63) is 59.7 Å². The summed E-state index contributed by atoms with van der Waals surface area (Å²) in [5, 5.41) is 14.9. The standard InChI is InChI=1S/C27H30N2O6/c30-25(28-13-17-12-16(14-34-17)26(31)32)22-10-5-11-24(22)29-27(33)35-15-23-20-8-3-1-6-18(20)19-7-2-4-9-21(19)23/h1-4,6-9,16-17,22-24H,5,10-15H2,(H,28,30)(H,29,33)(H,31,32)/t16-,17-,22-,24+/m0/s1. The van der Waals surface area contributed by atoms with Crippen LogP contribution in [-0.4, -0.2) is 55.0 Å². The summed E-state index contributed by atoms with van der Waals surface area (Å²) in [7, 11) is 0. The highest BCUT2D eigenvalue weighted by Crippen LogP contribution is 2.44. The van der Waals surface area contributed by atoms with E-state index >= 15 is 0 Å². The Bertz CT molecular complexity index is 1070. The lowest BCUT2D eigenvalue weighted by molar-refractivity contribution is -0.141. The summed E-state index contributed by atoms with van der Waals surface area (Å²) in [5.74, 6) is -1.90. The molecule has 5 rings (SSSR count). The van der Waals surface area contributed by atoms with Crippen molar-refractivity contribution >= 4 is 18.0 Å². The van der Waals surface area contributed by atoms with Crippen LogP contribution in [0.15, 0.2) is 48.5 Å². The molecule has 1 heterocycles. The number of fused-ring (bicyclic) bond motifs is 3. The van der Waals surface area contributed by atoms with Crippen molar-refractivity contribution in [1.29, 1.82) is 0 Å². The first kappa shape index (κ1) is 23.4. The number of hydrogen-bond acceptors (Lipinski definition) is 5. The Morgan fingerprint density at radius 3 is 2.34 bits per heavy atom. The molecule has 0 radical (unpaired) electrons. The number of aliphatic carboxylic acids is 1. The molecule has 8 nitrogen and oxygen atoms in total. The van der Waals surface area contributed by atoms with Gasteiger partial charge < -0.3 is 25.2 Å². The van der Waals surface area contributed by atoms with E-state index in [0.29, 0.717) is 19.3 Å². The van der Waals surface area contributed by atoms with Gasteiger partial charge in [-0.25, -0.2) is 4.79 Å². The fourth-order valence-electron chi connectivity index (χ4n) is 5.60. The highest BCUT2D eigenvalue weighted by molar-refractivity contribution is 5.81. The van der Waals surface area contributed by atoms with E-state index in [1.165, 1.54) is 11.1 Å². The Labute approximate surface area is 204 Å². The van der Waals surface area contributed by atoms with Gasteiger partial charge in [0.15, 0.2) is 0 Å². The summed E-state index contributed by atoms with van der Waals surface area (Å²) in [6, 6.07) is 16.1. The summed E-state index contributed by atoms with van der Waals surface area (Å²) >= 11 is 0. The third-order valence-electron chi connectivity index (χ3n) is 7.43. The SMILES string of the molecule is O=C(N[C@@H]1CCC[C@@H]1C(=O)NC[C@@H]1C[C@H](C(=O)O)CO1)OCC1c2ccccc2-c2ccccc21. The molecule has 2 fully saturated rings. The molecule has 2 aliphatic carbocycles. The highest BCUT2D eigenvalue weighted by Gasteiger charge is 2.36. The van der Waals surface area contributed by atoms with Gasteiger partial charge in [-0.2, -0.15) is 0 Å². The van der Waals surface area contributed by atoms with E-state index in [2.05, 4.69) is 34.9 Å². The van der Waals surface area contributed by atoms with Crippen molar-refractivity contribution in [3.63, 3.8) is 0 Å². The minimum atomic E-state index is -0.873. The average Bonchev–Trinajstić information content (AvgIpc) is 3.59. The number of benzene rings is 2. The molecule has 0 unspecified atom stereocenters. The molecule has 1 saturated heterocycles. The van der Waals surface area contributed by atoms with E-state index in [1.54, 1.807) is 0 Å². The highest BCUT2D eigenvalue weighted by atomic mass is 16.5. The van der Waals surface area contributed by atoms with Gasteiger partial charge in [0.05, 0.1) is 24.5 Å². The normalized spacial score (nSPS) is 25.0. The van der Waals surface area contributed by atoms with Crippen LogP contribution in [0.2, 0.25) is 0 Å². The van der Waals surface area contributed by atoms with E-state index in [9.17, 15) is 14.4 Å². The lowest BCUT2D eigenvalue weighted by Gasteiger charge is -2.22. The first-order valence-electron chi connectivity index (χ1n) is 12.2. The summed E-state index contributed by atoms with van der Waals surface area (Å²) in [6.07, 6.45) is 1.82. The molecule has 3 N–H and O–H groups in total. The van der Waals surface area contributed by atoms with E-state index in [0.717, 1.165) is 17.5 Å². The predicted molar refractivity (Wildman–Crippen MR) is 128 cm³/mol. The van der Waals surface area contributed by atoms with Crippen LogP contribution < -0.4 is 10.6 Å². The first-order valence-corrected chi connectivity index (χ1v) is 12.2. The van der Waals surface area contributed by atoms with Crippen molar-refractivity contribution in [3.8, 4) is 11.1 Å². The number of amides is 2. The van der Waals surface area contributed by atoms with Gasteiger partial charge in [-0.15, -0.1) is 0 Å². The monoisotopic (exact) mass is 478 g/mol. The van der Waals surface area contributed by atoms with Gasteiger partial charge in [0.1, 0.15) is 6.61 Å². The molecule has 8 heteroatoms. The van der Waals surface area contributed by atoms with Gasteiger partial charge in [-0.3, -0.25) is 9.59 Å². The lowest BCUT2D eigenvalue weighted by atomic mass is 9.98. The number of nitrogens with one attached hydrogen (secondary N) is 2. The second-order valence-electron chi connectivity index (χ2n) is 9.59. The van der Waals surface area contributed by atoms with Gasteiger partial charge in [0, 0.05) is 18.5 Å². The molecule has 3 aliphatic rings. The number of carboxylic acids is 1. The Hall–Kier alpha value is -3.39. The second-order valence-corrected chi connectivity index (χ2v) is 9.59. The third-order valence-corrected chi connectivity index (χ3v) is 7.43. The lowest BCUT2D eigenvalue weighted by Crippen LogP contribution is -2.45. The predicted octanol–water partition coefficient (Wildman–Crippen LogP) is 3.30. The number of rotatable bonds is 7. The zero-order valence-electron chi connectivity index (χ0n) is 19.4. The first-order chi connectivity index (χ1) is 17.0. The fourth-order valence-corrected chi connectivity index (χ4v) is 5.60. The summed E-state index contributed by atoms with van der Waals surface area (Å²) in [5.41, 5.74) is 4.65. The second kappa shape index (κ2) is 10.1. The number of carbonyl (C=O) groups excluding carboxylic acids is 2. The van der Waals surface area contributed by atoms with Crippen LogP contribution in [0.3, 0.4) is 0 Å². The van der Waals surface area contributed by atoms with Gasteiger partial charge >= 0.3 is 12.1 Å². The molecular formula is C27H30N2O6. The van der Waals surface area contributed by atoms with Gasteiger partial charge in [-0.1, -0.05) is 55.0 Å². The largest absolute Gasteiger partial charge is 0.481 e. The molecule has 2 aromatic carbocycles. The Balaban J connectivity index is 1.13. The zero-order chi connectivity index (χ0) is 24.4. The number of alkyl carbamates (subject to hydrolysis) is 1. The maximum atomic E-state index is 12.8. The van der Waals surface area contributed by atoms with E-state index in [4.69, 9.17) is 14.6 Å². The van der Waals surface area contributed by atoms with Crippen molar-refractivity contribution in [2.45, 2.75) is 43.7 Å². The minimum absolute atomic E-state index is 0.0168. The number of hydrogen-bond donors (Lipinski definition) is 3. The quantitative estimate of drug-likeness (QED) is 0.563. The molecule has 35 heavy (non-hydrogen) atoms. The van der Waals surface area contributed by atoms with Crippen molar-refractivity contribution in [1.82, 2.24) is 10.6 Å². The third kappa shape index (κ3) is 4.89. The van der Waals surface area contributed by atoms with Crippen LogP contribution in [0.25, 0.3) is 11.1 Å². The molecule has 2 aromatic rings. The molecule has 1 aliphatic heterocycles. The van der Waals surface area contributed by atoms with Crippen molar-refractivity contribution in [2.24, 2.45) is 11.8 Å². The van der Waals surface area contributed by atoms with Gasteiger partial charge in [0.25, 0.3) is 0 Å². The Morgan fingerprint density at radius 2 is 1.69 bits per heavy atom. The summed E-state index contributed by atoms with van der Waals surface area (Å²) in [4.78, 5) is 36.5. The summed E-state index contributed by atoms with van der Waals surface area (Å²) < 4.78 is 11.1. The molecular weight excluding hydrogens is 448 g/mol. The zero-order valence-corrected chi connectivity index (χ0v) is 19.4. The maximum Gasteiger partial charge on any atom is 0.407 e. The van der Waals surface area contributed by atoms with E-state index in [-0.39, 0.29) is 49.6 Å². The molecule has 4 atom stereocenters. The Morgan fingerprint density at radius 1 is 1.00 bits per heavy atom. The minimum Gasteiger partial charge on any atom is -0.481 e. The van der Waals surface area contributed by atoms with E-state index < -0.39 is 18.0 Å². The number of ether oxygens (including phenoxy) is 2. The van der Waals surface area contributed by atoms with Gasteiger partial charge in [-0.05, 0) is 41.5 Å². The smallest absolute Gasteiger partial charge is 0.407 e. The van der Waals surface area contributed by atoms with E-state index in [1.807, 2.05) is 24.3 Å². The van der Waals surface area contributed by atoms with Gasteiger partial charge in [0.2, 0.25) is 5.91 Å². The fraction of sp³-hybridized carbons (Fsp3) is 0.444. The topological polar surface area (TPSA) is 114 Å². The Kier molecular flexibility index (Phi) is 6.72. The summed E-state index contributed by atoms with van der Waals surface area (Å²) in [6.45, 7) is 0.676. The molecule has 1 saturated carbocycles. The van der Waals surface area contributed by atoms with Crippen LogP contribution in [0.4, 0.5) is 4.79 Å². The van der Waals surface area contributed by atoms with Crippen LogP contribution in [0.1, 0.15) is 42.7 Å². The van der Waals surface area contributed by atoms with Crippen molar-refractivity contribution in [2.75, 3.05) is 19.8 Å². The average molecular weight is 479 g/mol. The molecule has 0 bridgehead atoms. The molecule has 0 aromatic heterocycles. The number of carbonyl (C=O) groups is 3. The van der Waals surface area contributed by atoms with Crippen molar-refractivity contribution < 1.29 is 29.0 Å². The van der Waals surface area contributed by atoms with Crippen LogP contribution >= 0.6 is 0 Å². The molecule has 2 amide bonds. The maximum absolute atomic E-state index is 12.8.